The Labute approximate surface area is 112 Å². The van der Waals surface area contributed by atoms with Crippen LogP contribution in [0.25, 0.3) is 11.2 Å². The molecule has 19 heavy (non-hydrogen) atoms. The lowest BCUT2D eigenvalue weighted by Crippen LogP contribution is -2.40. The van der Waals surface area contributed by atoms with Crippen LogP contribution in [0.4, 0.5) is 0 Å². The van der Waals surface area contributed by atoms with Crippen LogP contribution in [-0.4, -0.2) is 22.1 Å². The number of hydrogen-bond acceptors (Lipinski definition) is 4. The second-order valence-corrected chi connectivity index (χ2v) is 4.85. The third-order valence-electron chi connectivity index (χ3n) is 3.60. The van der Waals surface area contributed by atoms with E-state index in [0.717, 1.165) is 13.0 Å². The van der Waals surface area contributed by atoms with Crippen LogP contribution in [0.2, 0.25) is 0 Å². The second-order valence-electron chi connectivity index (χ2n) is 4.85. The summed E-state index contributed by atoms with van der Waals surface area (Å²) in [4.78, 5) is 16.2. The number of nitrogens with zero attached hydrogens (tertiary/aromatic N) is 2. The zero-order valence-corrected chi connectivity index (χ0v) is 11.7. The van der Waals surface area contributed by atoms with Crippen LogP contribution >= 0.6 is 0 Å². The quantitative estimate of drug-likeness (QED) is 0.866. The van der Waals surface area contributed by atoms with E-state index in [-0.39, 0.29) is 11.8 Å². The smallest absolute Gasteiger partial charge is 0.406 e. The number of rotatable bonds is 6. The van der Waals surface area contributed by atoms with Gasteiger partial charge in [0.15, 0.2) is 11.2 Å². The van der Waals surface area contributed by atoms with Crippen LogP contribution in [-0.2, 0) is 6.54 Å². The zero-order valence-electron chi connectivity index (χ0n) is 11.7. The zero-order chi connectivity index (χ0) is 13.8. The number of likely N-dealkylation sites (N-methyl/N-ethyl adjacent to an activating group) is 1. The molecular formula is C14H21N3O2. The molecule has 0 radical (unpaired) electrons. The number of oxazole rings is 1. The van der Waals surface area contributed by atoms with E-state index in [1.165, 1.54) is 0 Å². The number of pyridine rings is 1. The molecule has 2 unspecified atom stereocenters. The van der Waals surface area contributed by atoms with Crippen LogP contribution in [0.15, 0.2) is 27.5 Å². The highest BCUT2D eigenvalue weighted by Gasteiger charge is 2.19. The number of nitrogens with one attached hydrogen (secondary N) is 1. The Morgan fingerprint density at radius 3 is 2.95 bits per heavy atom. The summed E-state index contributed by atoms with van der Waals surface area (Å²) >= 11 is 0. The highest BCUT2D eigenvalue weighted by atomic mass is 16.4. The molecule has 0 saturated carbocycles. The summed E-state index contributed by atoms with van der Waals surface area (Å²) in [5, 5.41) is 3.43. The van der Waals surface area contributed by atoms with Crippen LogP contribution in [0.1, 0.15) is 27.2 Å². The largest absolute Gasteiger partial charge is 0.421 e. The molecule has 5 nitrogen and oxygen atoms in total. The van der Waals surface area contributed by atoms with E-state index in [0.29, 0.717) is 23.7 Å². The van der Waals surface area contributed by atoms with Gasteiger partial charge in [0.05, 0.1) is 0 Å². The maximum Gasteiger partial charge on any atom is 0.421 e. The van der Waals surface area contributed by atoms with Gasteiger partial charge >= 0.3 is 5.76 Å². The molecule has 0 saturated heterocycles. The maximum atomic E-state index is 11.9. The second kappa shape index (κ2) is 6.02. The van der Waals surface area contributed by atoms with Crippen LogP contribution in [0.3, 0.4) is 0 Å². The minimum absolute atomic E-state index is 0.246. The predicted octanol–water partition coefficient (Wildman–Crippen LogP) is 2.01. The van der Waals surface area contributed by atoms with E-state index in [2.05, 4.69) is 31.1 Å². The van der Waals surface area contributed by atoms with Gasteiger partial charge in [0, 0.05) is 18.8 Å². The lowest BCUT2D eigenvalue weighted by Gasteiger charge is -2.23. The highest BCUT2D eigenvalue weighted by molar-refractivity contribution is 5.67. The summed E-state index contributed by atoms with van der Waals surface area (Å²) in [6.45, 7) is 7.89. The fourth-order valence-electron chi connectivity index (χ4n) is 2.25. The maximum absolute atomic E-state index is 11.9. The van der Waals surface area contributed by atoms with Gasteiger partial charge in [-0.2, -0.15) is 0 Å². The van der Waals surface area contributed by atoms with Gasteiger partial charge in [0.1, 0.15) is 0 Å². The molecular weight excluding hydrogens is 242 g/mol. The predicted molar refractivity (Wildman–Crippen MR) is 75.2 cm³/mol. The van der Waals surface area contributed by atoms with Gasteiger partial charge in [0.25, 0.3) is 0 Å². The average Bonchev–Trinajstić information content (AvgIpc) is 2.73. The fourth-order valence-corrected chi connectivity index (χ4v) is 2.25. The van der Waals surface area contributed by atoms with Crippen molar-refractivity contribution in [2.45, 2.75) is 39.8 Å². The van der Waals surface area contributed by atoms with Crippen molar-refractivity contribution in [3.63, 3.8) is 0 Å². The van der Waals surface area contributed by atoms with E-state index in [9.17, 15) is 4.79 Å². The standard InChI is InChI=1S/C14H21N3O2/c1-4-10(3)11(15-5-2)9-17-13-12(19-14(17)18)7-6-8-16-13/h6-8,10-11,15H,4-5,9H2,1-3H3. The molecule has 0 bridgehead atoms. The summed E-state index contributed by atoms with van der Waals surface area (Å²) in [6, 6.07) is 3.79. The number of hydrogen-bond donors (Lipinski definition) is 1. The lowest BCUT2D eigenvalue weighted by atomic mass is 9.99. The monoisotopic (exact) mass is 263 g/mol. The molecule has 2 aromatic rings. The third kappa shape index (κ3) is 2.87. The van der Waals surface area contributed by atoms with Gasteiger partial charge < -0.3 is 9.73 Å². The van der Waals surface area contributed by atoms with Gasteiger partial charge in [-0.25, -0.2) is 9.78 Å². The fraction of sp³-hybridized carbons (Fsp3) is 0.571. The van der Waals surface area contributed by atoms with Gasteiger partial charge in [-0.05, 0) is 24.6 Å². The Morgan fingerprint density at radius 1 is 1.47 bits per heavy atom. The Hall–Kier alpha value is -1.62. The molecule has 2 atom stereocenters. The molecule has 2 heterocycles. The molecule has 0 fully saturated rings. The topological polar surface area (TPSA) is 60.1 Å². The normalized spacial score (nSPS) is 14.7. The van der Waals surface area contributed by atoms with E-state index < -0.39 is 0 Å². The van der Waals surface area contributed by atoms with Crippen LogP contribution in [0, 0.1) is 5.92 Å². The van der Waals surface area contributed by atoms with Gasteiger partial charge in [-0.15, -0.1) is 0 Å². The summed E-state index contributed by atoms with van der Waals surface area (Å²) in [7, 11) is 0. The van der Waals surface area contributed by atoms with Crippen molar-refractivity contribution >= 4 is 11.2 Å². The first-order valence-electron chi connectivity index (χ1n) is 6.85. The Bertz CT molecular complexity index is 588. The number of aromatic nitrogens is 2. The average molecular weight is 263 g/mol. The van der Waals surface area contributed by atoms with Crippen LogP contribution in [0.5, 0.6) is 0 Å². The first-order valence-corrected chi connectivity index (χ1v) is 6.85. The van der Waals surface area contributed by atoms with Gasteiger partial charge in [-0.3, -0.25) is 4.57 Å². The summed E-state index contributed by atoms with van der Waals surface area (Å²) in [5.74, 6) is 0.153. The SMILES string of the molecule is CCNC(Cn1c(=O)oc2cccnc21)C(C)CC. The number of fused-ring (bicyclic) bond motifs is 1. The van der Waals surface area contributed by atoms with Crippen molar-refractivity contribution in [1.29, 1.82) is 0 Å². The Balaban J connectivity index is 2.33. The lowest BCUT2D eigenvalue weighted by molar-refractivity contribution is 0.327. The van der Waals surface area contributed by atoms with Crippen molar-refractivity contribution in [2.75, 3.05) is 6.54 Å². The van der Waals surface area contributed by atoms with Crippen molar-refractivity contribution in [3.8, 4) is 0 Å². The van der Waals surface area contributed by atoms with Crippen molar-refractivity contribution in [3.05, 3.63) is 28.9 Å². The minimum Gasteiger partial charge on any atom is -0.406 e. The first kappa shape index (κ1) is 13.8. The van der Waals surface area contributed by atoms with Gasteiger partial charge in [0.2, 0.25) is 0 Å². The first-order chi connectivity index (χ1) is 9.17. The molecule has 0 spiro atoms. The molecule has 0 aliphatic rings. The summed E-state index contributed by atoms with van der Waals surface area (Å²) in [6.07, 6.45) is 2.74. The van der Waals surface area contributed by atoms with E-state index in [1.807, 2.05) is 0 Å². The molecule has 1 N–H and O–H groups in total. The summed E-state index contributed by atoms with van der Waals surface area (Å²) < 4.78 is 6.83. The molecule has 0 amide bonds. The molecule has 0 aliphatic heterocycles. The van der Waals surface area contributed by atoms with Gasteiger partial charge in [-0.1, -0.05) is 27.2 Å². The molecule has 104 valence electrons. The Morgan fingerprint density at radius 2 is 2.26 bits per heavy atom. The van der Waals surface area contributed by atoms with E-state index in [4.69, 9.17) is 4.42 Å². The van der Waals surface area contributed by atoms with Crippen molar-refractivity contribution in [1.82, 2.24) is 14.9 Å². The molecule has 2 aromatic heterocycles. The van der Waals surface area contributed by atoms with Crippen LogP contribution < -0.4 is 11.1 Å². The summed E-state index contributed by atoms with van der Waals surface area (Å²) in [5.41, 5.74) is 1.17. The third-order valence-corrected chi connectivity index (χ3v) is 3.60. The van der Waals surface area contributed by atoms with E-state index >= 15 is 0 Å². The molecule has 5 heteroatoms. The Kier molecular flexibility index (Phi) is 4.37. The molecule has 0 aliphatic carbocycles. The molecule has 0 aromatic carbocycles. The van der Waals surface area contributed by atoms with E-state index in [1.54, 1.807) is 22.9 Å². The highest BCUT2D eigenvalue weighted by Crippen LogP contribution is 2.13. The van der Waals surface area contributed by atoms with Crippen molar-refractivity contribution in [2.24, 2.45) is 5.92 Å². The molecule has 2 rings (SSSR count). The minimum atomic E-state index is -0.333. The van der Waals surface area contributed by atoms with Crippen molar-refractivity contribution < 1.29 is 4.42 Å².